The molecule has 5 nitrogen and oxygen atoms in total. The standard InChI is InChI=1S/C19H23NO4/c1-5-6-13-7-9-15(10-8-13)20-19(21)14-11-16(22-2)18(24-4)17(12-14)23-3/h7-12H,5-6H2,1-4H3,(H,20,21). The van der Waals surface area contributed by atoms with Gasteiger partial charge in [0, 0.05) is 11.3 Å². The van der Waals surface area contributed by atoms with Gasteiger partial charge in [-0.25, -0.2) is 0 Å². The highest BCUT2D eigenvalue weighted by Gasteiger charge is 2.17. The van der Waals surface area contributed by atoms with Crippen LogP contribution in [0.15, 0.2) is 36.4 Å². The molecule has 0 aliphatic rings. The number of rotatable bonds is 7. The van der Waals surface area contributed by atoms with Crippen molar-refractivity contribution in [3.8, 4) is 17.2 Å². The van der Waals surface area contributed by atoms with Crippen molar-refractivity contribution >= 4 is 11.6 Å². The molecule has 0 aromatic heterocycles. The molecule has 0 atom stereocenters. The Kier molecular flexibility index (Phi) is 6.07. The summed E-state index contributed by atoms with van der Waals surface area (Å²) in [5, 5.41) is 2.88. The van der Waals surface area contributed by atoms with E-state index in [4.69, 9.17) is 14.2 Å². The SMILES string of the molecule is CCCc1ccc(NC(=O)c2cc(OC)c(OC)c(OC)c2)cc1. The average Bonchev–Trinajstić information content (AvgIpc) is 2.62. The van der Waals surface area contributed by atoms with Gasteiger partial charge in [0.15, 0.2) is 11.5 Å². The zero-order chi connectivity index (χ0) is 17.5. The quantitative estimate of drug-likeness (QED) is 0.836. The monoisotopic (exact) mass is 329 g/mol. The Hall–Kier alpha value is -2.69. The van der Waals surface area contributed by atoms with E-state index in [9.17, 15) is 4.79 Å². The molecule has 0 saturated heterocycles. The van der Waals surface area contributed by atoms with Crippen LogP contribution in [0.2, 0.25) is 0 Å². The highest BCUT2D eigenvalue weighted by molar-refractivity contribution is 6.05. The number of nitrogens with one attached hydrogen (secondary N) is 1. The van der Waals surface area contributed by atoms with Crippen LogP contribution in [0.25, 0.3) is 0 Å². The molecule has 0 spiro atoms. The highest BCUT2D eigenvalue weighted by atomic mass is 16.5. The maximum atomic E-state index is 12.5. The lowest BCUT2D eigenvalue weighted by molar-refractivity contribution is 0.102. The first-order valence-corrected chi connectivity index (χ1v) is 7.83. The molecule has 1 amide bonds. The van der Waals surface area contributed by atoms with Gasteiger partial charge in [-0.15, -0.1) is 0 Å². The fraction of sp³-hybridized carbons (Fsp3) is 0.316. The van der Waals surface area contributed by atoms with E-state index in [0.29, 0.717) is 22.8 Å². The largest absolute Gasteiger partial charge is 0.493 e. The molecule has 0 heterocycles. The smallest absolute Gasteiger partial charge is 0.255 e. The highest BCUT2D eigenvalue weighted by Crippen LogP contribution is 2.38. The van der Waals surface area contributed by atoms with Gasteiger partial charge < -0.3 is 19.5 Å². The van der Waals surface area contributed by atoms with Gasteiger partial charge in [0.05, 0.1) is 21.3 Å². The van der Waals surface area contributed by atoms with Crippen LogP contribution in [0, 0.1) is 0 Å². The average molecular weight is 329 g/mol. The molecular weight excluding hydrogens is 306 g/mol. The third-order valence-corrected chi connectivity index (χ3v) is 3.68. The summed E-state index contributed by atoms with van der Waals surface area (Å²) in [6.07, 6.45) is 2.12. The van der Waals surface area contributed by atoms with Crippen molar-refractivity contribution in [1.82, 2.24) is 0 Å². The van der Waals surface area contributed by atoms with Crippen LogP contribution in [-0.4, -0.2) is 27.2 Å². The van der Waals surface area contributed by atoms with E-state index in [-0.39, 0.29) is 5.91 Å². The van der Waals surface area contributed by atoms with Crippen LogP contribution in [0.1, 0.15) is 29.3 Å². The van der Waals surface area contributed by atoms with Crippen molar-refractivity contribution in [2.45, 2.75) is 19.8 Å². The van der Waals surface area contributed by atoms with Gasteiger partial charge in [-0.2, -0.15) is 0 Å². The zero-order valence-electron chi connectivity index (χ0n) is 14.5. The predicted octanol–water partition coefficient (Wildman–Crippen LogP) is 3.92. The van der Waals surface area contributed by atoms with Crippen molar-refractivity contribution in [2.24, 2.45) is 0 Å². The number of carbonyl (C=O) groups is 1. The van der Waals surface area contributed by atoms with Crippen LogP contribution >= 0.6 is 0 Å². The van der Waals surface area contributed by atoms with E-state index in [2.05, 4.69) is 12.2 Å². The third-order valence-electron chi connectivity index (χ3n) is 3.68. The van der Waals surface area contributed by atoms with Crippen LogP contribution < -0.4 is 19.5 Å². The van der Waals surface area contributed by atoms with Crippen molar-refractivity contribution in [3.05, 3.63) is 47.5 Å². The Balaban J connectivity index is 2.22. The van der Waals surface area contributed by atoms with Gasteiger partial charge in [-0.3, -0.25) is 4.79 Å². The molecule has 0 bridgehead atoms. The fourth-order valence-electron chi connectivity index (χ4n) is 2.46. The second-order valence-electron chi connectivity index (χ2n) is 5.32. The summed E-state index contributed by atoms with van der Waals surface area (Å²) in [7, 11) is 4.56. The minimum atomic E-state index is -0.238. The maximum absolute atomic E-state index is 12.5. The van der Waals surface area contributed by atoms with Gasteiger partial charge in [0.1, 0.15) is 0 Å². The van der Waals surface area contributed by atoms with Crippen LogP contribution in [0.5, 0.6) is 17.2 Å². The molecule has 128 valence electrons. The Labute approximate surface area is 142 Å². The number of hydrogen-bond donors (Lipinski definition) is 1. The molecular formula is C19H23NO4. The van der Waals surface area contributed by atoms with Gasteiger partial charge in [-0.1, -0.05) is 25.5 Å². The van der Waals surface area contributed by atoms with Gasteiger partial charge in [0.25, 0.3) is 5.91 Å². The lowest BCUT2D eigenvalue weighted by atomic mass is 10.1. The number of anilines is 1. The number of benzene rings is 2. The lowest BCUT2D eigenvalue weighted by Crippen LogP contribution is -2.12. The molecule has 0 saturated carbocycles. The molecule has 2 rings (SSSR count). The first kappa shape index (κ1) is 17.7. The summed E-state index contributed by atoms with van der Waals surface area (Å²) in [4.78, 5) is 12.5. The molecule has 2 aromatic rings. The molecule has 5 heteroatoms. The number of carbonyl (C=O) groups excluding carboxylic acids is 1. The molecule has 24 heavy (non-hydrogen) atoms. The summed E-state index contributed by atoms with van der Waals surface area (Å²) in [6.45, 7) is 2.14. The Morgan fingerprint density at radius 2 is 1.54 bits per heavy atom. The van der Waals surface area contributed by atoms with E-state index in [1.54, 1.807) is 12.1 Å². The summed E-state index contributed by atoms with van der Waals surface area (Å²) >= 11 is 0. The molecule has 1 N–H and O–H groups in total. The zero-order valence-corrected chi connectivity index (χ0v) is 14.5. The number of hydrogen-bond acceptors (Lipinski definition) is 4. The molecule has 0 fully saturated rings. The minimum absolute atomic E-state index is 0.238. The number of aryl methyl sites for hydroxylation is 1. The second kappa shape index (κ2) is 8.24. The van der Waals surface area contributed by atoms with E-state index < -0.39 is 0 Å². The summed E-state index contributed by atoms with van der Waals surface area (Å²) < 4.78 is 15.8. The normalized spacial score (nSPS) is 10.2. The topological polar surface area (TPSA) is 56.8 Å². The third kappa shape index (κ3) is 3.98. The van der Waals surface area contributed by atoms with Gasteiger partial charge in [0.2, 0.25) is 5.75 Å². The van der Waals surface area contributed by atoms with Crippen molar-refractivity contribution in [1.29, 1.82) is 0 Å². The summed E-state index contributed by atoms with van der Waals surface area (Å²) in [6, 6.07) is 11.1. The molecule has 2 aromatic carbocycles. The van der Waals surface area contributed by atoms with Gasteiger partial charge >= 0.3 is 0 Å². The van der Waals surface area contributed by atoms with Crippen molar-refractivity contribution < 1.29 is 19.0 Å². The first-order chi connectivity index (χ1) is 11.6. The maximum Gasteiger partial charge on any atom is 0.255 e. The van der Waals surface area contributed by atoms with E-state index >= 15 is 0 Å². The predicted molar refractivity (Wildman–Crippen MR) is 94.5 cm³/mol. The number of methoxy groups -OCH3 is 3. The van der Waals surface area contributed by atoms with E-state index in [1.807, 2.05) is 24.3 Å². The summed E-state index contributed by atoms with van der Waals surface area (Å²) in [5.41, 5.74) is 2.43. The van der Waals surface area contributed by atoms with Gasteiger partial charge in [-0.05, 0) is 36.2 Å². The Bertz CT molecular complexity index is 670. The molecule has 0 radical (unpaired) electrons. The number of ether oxygens (including phenoxy) is 3. The fourth-order valence-corrected chi connectivity index (χ4v) is 2.46. The van der Waals surface area contributed by atoms with Crippen LogP contribution in [0.3, 0.4) is 0 Å². The van der Waals surface area contributed by atoms with Crippen molar-refractivity contribution in [2.75, 3.05) is 26.6 Å². The molecule has 0 aliphatic heterocycles. The Morgan fingerprint density at radius 1 is 0.958 bits per heavy atom. The molecule has 0 aliphatic carbocycles. The van der Waals surface area contributed by atoms with E-state index in [1.165, 1.54) is 26.9 Å². The molecule has 0 unspecified atom stereocenters. The first-order valence-electron chi connectivity index (χ1n) is 7.83. The van der Waals surface area contributed by atoms with E-state index in [0.717, 1.165) is 18.5 Å². The van der Waals surface area contributed by atoms with Crippen molar-refractivity contribution in [3.63, 3.8) is 0 Å². The lowest BCUT2D eigenvalue weighted by Gasteiger charge is -2.14. The Morgan fingerprint density at radius 3 is 2.00 bits per heavy atom. The minimum Gasteiger partial charge on any atom is -0.493 e. The van der Waals surface area contributed by atoms with Crippen LogP contribution in [0.4, 0.5) is 5.69 Å². The number of amides is 1. The van der Waals surface area contributed by atoms with Crippen LogP contribution in [-0.2, 0) is 6.42 Å². The summed E-state index contributed by atoms with van der Waals surface area (Å²) in [5.74, 6) is 1.11. The second-order valence-corrected chi connectivity index (χ2v) is 5.32.